The number of carboxylic acid groups (broad SMARTS) is 2. The summed E-state index contributed by atoms with van der Waals surface area (Å²) in [4.78, 5) is 35.5. The van der Waals surface area contributed by atoms with Crippen molar-refractivity contribution in [3.05, 3.63) is 53.6 Å². The van der Waals surface area contributed by atoms with Crippen LogP contribution in [0.15, 0.2) is 42.5 Å². The summed E-state index contributed by atoms with van der Waals surface area (Å²) >= 11 is 0. The summed E-state index contributed by atoms with van der Waals surface area (Å²) in [7, 11) is 1.34. The third-order valence-electron chi connectivity index (χ3n) is 4.39. The molecule has 6 N–H and O–H groups in total. The highest BCUT2D eigenvalue weighted by molar-refractivity contribution is 5.93. The molecule has 0 bridgehead atoms. The maximum absolute atomic E-state index is 12.1. The minimum absolute atomic E-state index is 0.0447. The molecule has 0 aromatic heterocycles. The monoisotopic (exact) mass is 448 g/mol. The van der Waals surface area contributed by atoms with Crippen molar-refractivity contribution in [2.24, 2.45) is 0 Å². The van der Waals surface area contributed by atoms with E-state index in [1.54, 1.807) is 0 Å². The molecule has 2 atom stereocenters. The van der Waals surface area contributed by atoms with E-state index in [0.29, 0.717) is 5.56 Å². The van der Waals surface area contributed by atoms with Crippen molar-refractivity contribution < 1.29 is 54.5 Å². The molecule has 0 amide bonds. The minimum atomic E-state index is -3.10. The van der Waals surface area contributed by atoms with Gasteiger partial charge in [0.05, 0.1) is 7.11 Å². The van der Waals surface area contributed by atoms with E-state index in [0.717, 1.165) is 30.4 Å². The van der Waals surface area contributed by atoms with Crippen LogP contribution in [0.4, 0.5) is 0 Å². The molecule has 0 saturated heterocycles. The molecule has 11 heteroatoms. The summed E-state index contributed by atoms with van der Waals surface area (Å²) in [5.41, 5.74) is -2.83. The van der Waals surface area contributed by atoms with Crippen molar-refractivity contribution in [1.29, 1.82) is 0 Å². The van der Waals surface area contributed by atoms with E-state index in [1.807, 2.05) is 0 Å². The minimum Gasteiger partial charge on any atom is -0.504 e. The number of methoxy groups -OCH3 is 1. The van der Waals surface area contributed by atoms with Crippen LogP contribution in [-0.2, 0) is 25.5 Å². The Bertz CT molecular complexity index is 1060. The van der Waals surface area contributed by atoms with Crippen LogP contribution in [0.25, 0.3) is 6.08 Å². The van der Waals surface area contributed by atoms with Gasteiger partial charge < -0.3 is 40.1 Å². The number of rotatable bonds is 9. The Morgan fingerprint density at radius 2 is 1.69 bits per heavy atom. The van der Waals surface area contributed by atoms with E-state index in [-0.39, 0.29) is 17.1 Å². The highest BCUT2D eigenvalue weighted by atomic mass is 16.6. The van der Waals surface area contributed by atoms with Crippen molar-refractivity contribution in [2.75, 3.05) is 7.11 Å². The highest BCUT2D eigenvalue weighted by Gasteiger charge is 2.51. The van der Waals surface area contributed by atoms with Gasteiger partial charge >= 0.3 is 17.9 Å². The number of carbonyl (C=O) groups is 3. The zero-order valence-electron chi connectivity index (χ0n) is 16.6. The molecular formula is C21H20O11. The van der Waals surface area contributed by atoms with E-state index in [2.05, 4.69) is 0 Å². The largest absolute Gasteiger partial charge is 0.504 e. The summed E-state index contributed by atoms with van der Waals surface area (Å²) in [5.74, 6) is -6.36. The third kappa shape index (κ3) is 5.46. The number of hydrogen-bond donors (Lipinski definition) is 6. The second kappa shape index (κ2) is 9.71. The van der Waals surface area contributed by atoms with Gasteiger partial charge in [-0.2, -0.15) is 0 Å². The first kappa shape index (κ1) is 24.0. The molecule has 2 aromatic rings. The Balaban J connectivity index is 2.26. The fourth-order valence-electron chi connectivity index (χ4n) is 2.75. The number of phenolic OH excluding ortho intramolecular Hbond substituents is 3. The van der Waals surface area contributed by atoms with Gasteiger partial charge in [0.15, 0.2) is 23.0 Å². The highest BCUT2D eigenvalue weighted by Crippen LogP contribution is 2.29. The molecule has 0 radical (unpaired) electrons. The van der Waals surface area contributed by atoms with Crippen molar-refractivity contribution in [3.63, 3.8) is 0 Å². The van der Waals surface area contributed by atoms with E-state index in [1.165, 1.54) is 25.3 Å². The van der Waals surface area contributed by atoms with Crippen molar-refractivity contribution in [3.8, 4) is 23.0 Å². The van der Waals surface area contributed by atoms with Crippen LogP contribution in [0.5, 0.6) is 23.0 Å². The van der Waals surface area contributed by atoms with Crippen LogP contribution >= 0.6 is 0 Å². The Hall–Kier alpha value is -4.25. The van der Waals surface area contributed by atoms with Crippen LogP contribution < -0.4 is 4.74 Å². The summed E-state index contributed by atoms with van der Waals surface area (Å²) in [6.45, 7) is 0. The van der Waals surface area contributed by atoms with Crippen LogP contribution in [-0.4, -0.2) is 67.4 Å². The molecule has 32 heavy (non-hydrogen) atoms. The Morgan fingerprint density at radius 1 is 1.00 bits per heavy atom. The number of aliphatic carboxylic acids is 2. The van der Waals surface area contributed by atoms with Gasteiger partial charge in [-0.05, 0) is 41.5 Å². The van der Waals surface area contributed by atoms with Crippen molar-refractivity contribution in [2.45, 2.75) is 18.1 Å². The smallest absolute Gasteiger partial charge is 0.348 e. The van der Waals surface area contributed by atoms with Crippen LogP contribution in [0.3, 0.4) is 0 Å². The average molecular weight is 448 g/mol. The number of ether oxygens (including phenoxy) is 2. The number of phenols is 3. The lowest BCUT2D eigenvalue weighted by Gasteiger charge is -2.29. The summed E-state index contributed by atoms with van der Waals surface area (Å²) in [5, 5.41) is 58.1. The second-order valence-corrected chi connectivity index (χ2v) is 6.65. The quantitative estimate of drug-likeness (QED) is 0.181. The van der Waals surface area contributed by atoms with E-state index in [9.17, 15) is 45.0 Å². The first-order chi connectivity index (χ1) is 15.0. The van der Waals surface area contributed by atoms with Gasteiger partial charge in [-0.3, -0.25) is 0 Å². The zero-order valence-corrected chi connectivity index (χ0v) is 16.6. The maximum atomic E-state index is 12.1. The molecule has 0 aliphatic carbocycles. The maximum Gasteiger partial charge on any atom is 0.348 e. The van der Waals surface area contributed by atoms with Gasteiger partial charge in [-0.15, -0.1) is 0 Å². The van der Waals surface area contributed by atoms with Gasteiger partial charge in [0.1, 0.15) is 0 Å². The normalized spacial score (nSPS) is 13.8. The van der Waals surface area contributed by atoms with Crippen LogP contribution in [0, 0.1) is 0 Å². The number of aromatic hydroxyl groups is 3. The summed E-state index contributed by atoms with van der Waals surface area (Å²) < 4.78 is 9.59. The predicted octanol–water partition coefficient (Wildman–Crippen LogP) is 0.880. The number of carboxylic acids is 2. The molecular weight excluding hydrogens is 428 g/mol. The van der Waals surface area contributed by atoms with Crippen molar-refractivity contribution >= 4 is 24.0 Å². The van der Waals surface area contributed by atoms with E-state index < -0.39 is 47.5 Å². The average Bonchev–Trinajstić information content (AvgIpc) is 2.72. The van der Waals surface area contributed by atoms with Gasteiger partial charge in [0, 0.05) is 12.5 Å². The lowest BCUT2D eigenvalue weighted by Crippen LogP contribution is -2.56. The van der Waals surface area contributed by atoms with Gasteiger partial charge in [-0.1, -0.05) is 12.1 Å². The number of benzene rings is 2. The number of aliphatic hydroxyl groups is 1. The second-order valence-electron chi connectivity index (χ2n) is 6.65. The number of esters is 1. The lowest BCUT2D eigenvalue weighted by molar-refractivity contribution is -0.192. The summed E-state index contributed by atoms with van der Waals surface area (Å²) in [6.07, 6.45) is -1.43. The Labute approximate surface area is 181 Å². The molecule has 0 fully saturated rings. The summed E-state index contributed by atoms with van der Waals surface area (Å²) in [6, 6.07) is 7.24. The van der Waals surface area contributed by atoms with Crippen LogP contribution in [0.1, 0.15) is 11.1 Å². The molecule has 0 aliphatic rings. The first-order valence-corrected chi connectivity index (χ1v) is 8.93. The van der Waals surface area contributed by atoms with Gasteiger partial charge in [0.2, 0.25) is 11.7 Å². The van der Waals surface area contributed by atoms with Gasteiger partial charge in [-0.25, -0.2) is 14.4 Å². The van der Waals surface area contributed by atoms with Crippen LogP contribution in [0.2, 0.25) is 0 Å². The molecule has 170 valence electrons. The molecule has 0 spiro atoms. The SMILES string of the molecule is COc1ccc(/C=C/C(=O)O[C@H](C(=O)O)[C@](O)(Cc2ccc(O)c(O)c2)C(=O)O)cc1O. The molecule has 0 unspecified atom stereocenters. The van der Waals surface area contributed by atoms with Gasteiger partial charge in [0.25, 0.3) is 0 Å². The van der Waals surface area contributed by atoms with E-state index >= 15 is 0 Å². The molecule has 0 saturated carbocycles. The Kier molecular flexibility index (Phi) is 7.29. The Morgan fingerprint density at radius 3 is 2.22 bits per heavy atom. The topological polar surface area (TPSA) is 191 Å². The third-order valence-corrected chi connectivity index (χ3v) is 4.39. The zero-order chi connectivity index (χ0) is 24.1. The molecule has 2 aromatic carbocycles. The first-order valence-electron chi connectivity index (χ1n) is 8.93. The van der Waals surface area contributed by atoms with E-state index in [4.69, 9.17) is 9.47 Å². The fourth-order valence-corrected chi connectivity index (χ4v) is 2.75. The van der Waals surface area contributed by atoms with Crippen molar-refractivity contribution in [1.82, 2.24) is 0 Å². The predicted molar refractivity (Wildman–Crippen MR) is 107 cm³/mol. The molecule has 11 nitrogen and oxygen atoms in total. The number of carbonyl (C=O) groups excluding carboxylic acids is 1. The molecule has 0 aliphatic heterocycles. The number of hydrogen-bond acceptors (Lipinski definition) is 9. The lowest BCUT2D eigenvalue weighted by atomic mass is 9.88. The molecule has 0 heterocycles. The standard InChI is InChI=1S/C21H20O11/c1-31-16-6-3-11(8-15(16)24)4-7-17(25)32-18(19(26)27)21(30,20(28)29)10-12-2-5-13(22)14(23)9-12/h2-9,18,22-24,30H,10H2,1H3,(H,26,27)(H,28,29)/b7-4+/t18-,21-/m1/s1. The molecule has 2 rings (SSSR count). The fraction of sp³-hybridized carbons (Fsp3) is 0.190.